The maximum atomic E-state index is 8.72. The summed E-state index contributed by atoms with van der Waals surface area (Å²) in [4.78, 5) is 0. The first-order chi connectivity index (χ1) is 7.81. The van der Waals surface area contributed by atoms with Crippen molar-refractivity contribution in [2.75, 3.05) is 0 Å². The lowest BCUT2D eigenvalue weighted by Gasteiger charge is -1.86. The molecule has 1 aromatic rings. The van der Waals surface area contributed by atoms with Gasteiger partial charge in [0.1, 0.15) is 23.8 Å². The van der Waals surface area contributed by atoms with Gasteiger partial charge in [-0.3, -0.25) is 0 Å². The zero-order chi connectivity index (χ0) is 11.8. The third-order valence-electron chi connectivity index (χ3n) is 1.69. The van der Waals surface area contributed by atoms with Crippen LogP contribution in [0.1, 0.15) is 5.56 Å². The quantitative estimate of drug-likeness (QED) is 0.477. The van der Waals surface area contributed by atoms with Crippen LogP contribution in [0.4, 0.5) is 0 Å². The normalized spacial score (nSPS) is 7.31. The predicted molar refractivity (Wildman–Crippen MR) is 57.2 cm³/mol. The van der Waals surface area contributed by atoms with Crippen LogP contribution < -0.4 is 0 Å². The van der Waals surface area contributed by atoms with Gasteiger partial charge < -0.3 is 0 Å². The lowest BCUT2D eigenvalue weighted by Crippen LogP contribution is -1.82. The zero-order valence-electron chi connectivity index (χ0n) is 8.23. The lowest BCUT2D eigenvalue weighted by atomic mass is 10.1. The van der Waals surface area contributed by atoms with E-state index in [1.807, 2.05) is 18.2 Å². The van der Waals surface area contributed by atoms with Crippen LogP contribution >= 0.6 is 0 Å². The number of hydrogen-bond acceptors (Lipinski definition) is 3. The van der Waals surface area contributed by atoms with E-state index >= 15 is 0 Å². The molecule has 0 unspecified atom stereocenters. The van der Waals surface area contributed by atoms with Crippen molar-refractivity contribution < 1.29 is 0 Å². The predicted octanol–water partition coefficient (Wildman–Crippen LogP) is 1.91. The summed E-state index contributed by atoms with van der Waals surface area (Å²) in [5.74, 6) is 5.22. The molecular formula is C13H5N3. The second-order valence-corrected chi connectivity index (χ2v) is 2.70. The standard InChI is InChI=1S/C13H5N3/c14-8-12(13(9-15)10-16)7-6-11-4-2-1-3-5-11/h1-5H. The van der Waals surface area contributed by atoms with E-state index in [1.54, 1.807) is 30.3 Å². The van der Waals surface area contributed by atoms with Crippen molar-refractivity contribution in [2.24, 2.45) is 0 Å². The lowest BCUT2D eigenvalue weighted by molar-refractivity contribution is 1.43. The third-order valence-corrected chi connectivity index (χ3v) is 1.69. The molecule has 0 aromatic heterocycles. The fourth-order valence-corrected chi connectivity index (χ4v) is 0.939. The van der Waals surface area contributed by atoms with E-state index in [0.717, 1.165) is 5.56 Å². The van der Waals surface area contributed by atoms with E-state index in [-0.39, 0.29) is 11.1 Å². The van der Waals surface area contributed by atoms with Gasteiger partial charge in [0, 0.05) is 5.56 Å². The van der Waals surface area contributed by atoms with Crippen LogP contribution in [0.25, 0.3) is 0 Å². The molecule has 0 aliphatic rings. The summed E-state index contributed by atoms with van der Waals surface area (Å²) >= 11 is 0. The molecule has 0 N–H and O–H groups in total. The Morgan fingerprint density at radius 1 is 0.812 bits per heavy atom. The van der Waals surface area contributed by atoms with Crippen molar-refractivity contribution in [2.45, 2.75) is 0 Å². The zero-order valence-corrected chi connectivity index (χ0v) is 8.23. The smallest absolute Gasteiger partial charge is 0.155 e. The molecule has 0 aliphatic heterocycles. The maximum Gasteiger partial charge on any atom is 0.155 e. The highest BCUT2D eigenvalue weighted by Crippen LogP contribution is 2.01. The van der Waals surface area contributed by atoms with Crippen molar-refractivity contribution in [3.05, 3.63) is 47.0 Å². The van der Waals surface area contributed by atoms with Gasteiger partial charge in [-0.2, -0.15) is 15.8 Å². The second-order valence-electron chi connectivity index (χ2n) is 2.70. The van der Waals surface area contributed by atoms with Gasteiger partial charge in [0.2, 0.25) is 0 Å². The fourth-order valence-electron chi connectivity index (χ4n) is 0.939. The first-order valence-corrected chi connectivity index (χ1v) is 4.33. The average molecular weight is 203 g/mol. The van der Waals surface area contributed by atoms with Gasteiger partial charge in [0.15, 0.2) is 5.57 Å². The van der Waals surface area contributed by atoms with E-state index < -0.39 is 0 Å². The SMILES string of the molecule is N#CC(C#N)=C(C#N)C#Cc1ccccc1. The van der Waals surface area contributed by atoms with Crippen molar-refractivity contribution in [1.29, 1.82) is 15.8 Å². The van der Waals surface area contributed by atoms with Crippen LogP contribution in [0.2, 0.25) is 0 Å². The summed E-state index contributed by atoms with van der Waals surface area (Å²) in [5.41, 5.74) is 0.366. The minimum absolute atomic E-state index is 0.103. The third kappa shape index (κ3) is 2.74. The summed E-state index contributed by atoms with van der Waals surface area (Å²) in [6.45, 7) is 0. The van der Waals surface area contributed by atoms with Gasteiger partial charge in [-0.1, -0.05) is 24.1 Å². The Morgan fingerprint density at radius 2 is 1.38 bits per heavy atom. The van der Waals surface area contributed by atoms with Crippen molar-refractivity contribution in [1.82, 2.24) is 0 Å². The van der Waals surface area contributed by atoms with Gasteiger partial charge in [0.05, 0.1) is 0 Å². The van der Waals surface area contributed by atoms with E-state index in [1.165, 1.54) is 0 Å². The Bertz CT molecular complexity index is 577. The Kier molecular flexibility index (Phi) is 3.92. The Labute approximate surface area is 93.5 Å². The molecule has 0 amide bonds. The first-order valence-electron chi connectivity index (χ1n) is 4.33. The second kappa shape index (κ2) is 5.66. The van der Waals surface area contributed by atoms with Crippen LogP contribution in [-0.2, 0) is 0 Å². The number of nitriles is 3. The highest BCUT2D eigenvalue weighted by atomic mass is 14.3. The molecule has 1 aromatic carbocycles. The largest absolute Gasteiger partial charge is 0.192 e. The average Bonchev–Trinajstić information content (AvgIpc) is 2.35. The van der Waals surface area contributed by atoms with Crippen LogP contribution in [-0.4, -0.2) is 0 Å². The maximum absolute atomic E-state index is 8.72. The minimum Gasteiger partial charge on any atom is -0.192 e. The van der Waals surface area contributed by atoms with Crippen LogP contribution in [0.5, 0.6) is 0 Å². The summed E-state index contributed by atoms with van der Waals surface area (Å²) < 4.78 is 0. The first kappa shape index (κ1) is 11.1. The summed E-state index contributed by atoms with van der Waals surface area (Å²) in [7, 11) is 0. The number of allylic oxidation sites excluding steroid dienone is 2. The van der Waals surface area contributed by atoms with Gasteiger partial charge in [-0.15, -0.1) is 0 Å². The summed E-state index contributed by atoms with van der Waals surface area (Å²) in [6, 6.07) is 14.0. The topological polar surface area (TPSA) is 71.4 Å². The number of hydrogen-bond donors (Lipinski definition) is 0. The van der Waals surface area contributed by atoms with Crippen LogP contribution in [0.15, 0.2) is 41.5 Å². The van der Waals surface area contributed by atoms with Gasteiger partial charge in [-0.25, -0.2) is 0 Å². The van der Waals surface area contributed by atoms with Crippen molar-refractivity contribution in [3.63, 3.8) is 0 Å². The van der Waals surface area contributed by atoms with E-state index in [0.29, 0.717) is 0 Å². The molecule has 0 atom stereocenters. The number of nitrogens with zero attached hydrogens (tertiary/aromatic N) is 3. The molecule has 0 aliphatic carbocycles. The van der Waals surface area contributed by atoms with Crippen molar-refractivity contribution in [3.8, 4) is 30.0 Å². The molecule has 72 valence electrons. The van der Waals surface area contributed by atoms with Crippen LogP contribution in [0.3, 0.4) is 0 Å². The van der Waals surface area contributed by atoms with Gasteiger partial charge >= 0.3 is 0 Å². The Morgan fingerprint density at radius 3 is 1.88 bits per heavy atom. The highest BCUT2D eigenvalue weighted by Gasteiger charge is 2.00. The van der Waals surface area contributed by atoms with E-state index in [9.17, 15) is 0 Å². The molecular weight excluding hydrogens is 198 g/mol. The molecule has 1 rings (SSSR count). The Hall–Kier alpha value is -3.01. The van der Waals surface area contributed by atoms with E-state index in [4.69, 9.17) is 15.8 Å². The van der Waals surface area contributed by atoms with Gasteiger partial charge in [0.25, 0.3) is 0 Å². The summed E-state index contributed by atoms with van der Waals surface area (Å²) in [5, 5.41) is 25.9. The Balaban J connectivity index is 3.13. The molecule has 0 saturated heterocycles. The summed E-state index contributed by atoms with van der Waals surface area (Å²) in [6.07, 6.45) is 0. The molecule has 0 fully saturated rings. The van der Waals surface area contributed by atoms with Crippen LogP contribution in [0, 0.1) is 45.8 Å². The molecule has 3 heteroatoms. The fraction of sp³-hybridized carbons (Fsp3) is 0. The monoisotopic (exact) mass is 203 g/mol. The molecule has 0 heterocycles. The molecule has 0 spiro atoms. The van der Waals surface area contributed by atoms with E-state index in [2.05, 4.69) is 11.8 Å². The number of rotatable bonds is 0. The van der Waals surface area contributed by atoms with Crippen molar-refractivity contribution >= 4 is 0 Å². The van der Waals surface area contributed by atoms with Gasteiger partial charge in [-0.05, 0) is 18.1 Å². The molecule has 3 nitrogen and oxygen atoms in total. The molecule has 16 heavy (non-hydrogen) atoms. The highest BCUT2D eigenvalue weighted by molar-refractivity contribution is 5.56. The molecule has 0 saturated carbocycles. The molecule has 0 radical (unpaired) electrons. The minimum atomic E-state index is -0.258. The number of benzene rings is 1. The molecule has 0 bridgehead atoms.